The molecular weight excluding hydrogens is 419 g/mol. The summed E-state index contributed by atoms with van der Waals surface area (Å²) in [5.41, 5.74) is 0.647. The Morgan fingerprint density at radius 2 is 2.06 bits per heavy atom. The minimum Gasteiger partial charge on any atom is -0.294 e. The summed E-state index contributed by atoms with van der Waals surface area (Å²) >= 11 is 5.41. The van der Waals surface area contributed by atoms with Gasteiger partial charge in [0.05, 0.1) is 5.75 Å². The molecule has 0 bridgehead atoms. The molecule has 0 spiro atoms. The summed E-state index contributed by atoms with van der Waals surface area (Å²) < 4.78 is 23.6. The van der Waals surface area contributed by atoms with Crippen molar-refractivity contribution in [2.75, 3.05) is 12.0 Å². The third kappa shape index (κ3) is 5.48. The number of ketones is 1. The highest BCUT2D eigenvalue weighted by molar-refractivity contribution is 14.1. The molecule has 0 aromatic heterocycles. The Bertz CT molecular complexity index is 526. The first kappa shape index (κ1) is 15.1. The van der Waals surface area contributed by atoms with Crippen LogP contribution < -0.4 is 0 Å². The fourth-order valence-corrected chi connectivity index (χ4v) is 3.01. The second-order valence-electron chi connectivity index (χ2n) is 3.78. The Morgan fingerprint density at radius 3 is 2.65 bits per heavy atom. The van der Waals surface area contributed by atoms with Crippen molar-refractivity contribution >= 4 is 54.1 Å². The zero-order valence-corrected chi connectivity index (χ0v) is 13.8. The van der Waals surface area contributed by atoms with Crippen molar-refractivity contribution < 1.29 is 13.2 Å². The lowest BCUT2D eigenvalue weighted by atomic mass is 10.1. The van der Waals surface area contributed by atoms with E-state index in [1.54, 1.807) is 6.07 Å². The van der Waals surface area contributed by atoms with Gasteiger partial charge in [-0.15, -0.1) is 0 Å². The molecule has 94 valence electrons. The molecule has 0 radical (unpaired) electrons. The van der Waals surface area contributed by atoms with E-state index in [2.05, 4.69) is 38.5 Å². The zero-order valence-electron chi connectivity index (χ0n) is 9.24. The molecule has 17 heavy (non-hydrogen) atoms. The lowest BCUT2D eigenvalue weighted by Crippen LogP contribution is -2.07. The molecule has 1 aromatic carbocycles. The molecule has 0 aliphatic rings. The van der Waals surface area contributed by atoms with Gasteiger partial charge in [-0.1, -0.05) is 15.9 Å². The van der Waals surface area contributed by atoms with Crippen LogP contribution in [0.4, 0.5) is 0 Å². The highest BCUT2D eigenvalue weighted by atomic mass is 127. The Morgan fingerprint density at radius 1 is 1.41 bits per heavy atom. The summed E-state index contributed by atoms with van der Waals surface area (Å²) in [4.78, 5) is 11.9. The van der Waals surface area contributed by atoms with Crippen LogP contribution in [-0.4, -0.2) is 26.2 Å². The van der Waals surface area contributed by atoms with Crippen LogP contribution >= 0.6 is 38.5 Å². The average Bonchev–Trinajstić information content (AvgIpc) is 2.19. The largest absolute Gasteiger partial charge is 0.294 e. The van der Waals surface area contributed by atoms with Crippen LogP contribution in [0.3, 0.4) is 0 Å². The molecule has 0 atom stereocenters. The molecule has 0 aliphatic heterocycles. The molecular formula is C11H12BrIO3S. The van der Waals surface area contributed by atoms with Crippen LogP contribution in [0.25, 0.3) is 0 Å². The van der Waals surface area contributed by atoms with Crippen molar-refractivity contribution in [1.82, 2.24) is 0 Å². The van der Waals surface area contributed by atoms with Crippen molar-refractivity contribution in [3.63, 3.8) is 0 Å². The maximum absolute atomic E-state index is 11.9. The van der Waals surface area contributed by atoms with Crippen LogP contribution in [0, 0.1) is 3.57 Å². The summed E-state index contributed by atoms with van der Waals surface area (Å²) in [7, 11) is -2.98. The predicted octanol–water partition coefficient (Wildman–Crippen LogP) is 3.06. The number of Topliss-reactive ketones (excluding diaryl/α,β-unsaturated/α-hetero) is 1. The second kappa shape index (κ2) is 6.29. The van der Waals surface area contributed by atoms with Crippen molar-refractivity contribution in [3.05, 3.63) is 31.8 Å². The van der Waals surface area contributed by atoms with Crippen LogP contribution in [0.5, 0.6) is 0 Å². The van der Waals surface area contributed by atoms with E-state index in [-0.39, 0.29) is 18.0 Å². The summed E-state index contributed by atoms with van der Waals surface area (Å²) in [6.07, 6.45) is 1.82. The number of rotatable bonds is 5. The molecule has 0 unspecified atom stereocenters. The van der Waals surface area contributed by atoms with Gasteiger partial charge in [-0.25, -0.2) is 8.42 Å². The SMILES string of the molecule is CS(=O)(=O)CCCC(=O)c1cc(Br)ccc1I. The fourth-order valence-electron chi connectivity index (χ4n) is 1.34. The molecule has 3 nitrogen and oxygen atoms in total. The van der Waals surface area contributed by atoms with E-state index in [9.17, 15) is 13.2 Å². The quantitative estimate of drug-likeness (QED) is 0.532. The van der Waals surface area contributed by atoms with Gasteiger partial charge in [0.1, 0.15) is 9.84 Å². The molecule has 0 saturated heterocycles. The second-order valence-corrected chi connectivity index (χ2v) is 8.12. The molecule has 0 heterocycles. The molecule has 0 N–H and O–H groups in total. The first-order valence-electron chi connectivity index (χ1n) is 4.95. The summed E-state index contributed by atoms with van der Waals surface area (Å²) in [6.45, 7) is 0. The summed E-state index contributed by atoms with van der Waals surface area (Å²) in [5, 5.41) is 0. The Kier molecular flexibility index (Phi) is 5.59. The minimum absolute atomic E-state index is 0.0145. The minimum atomic E-state index is -2.98. The van der Waals surface area contributed by atoms with Gasteiger partial charge < -0.3 is 0 Å². The normalized spacial score (nSPS) is 11.5. The molecule has 1 aromatic rings. The number of hydrogen-bond acceptors (Lipinski definition) is 3. The topological polar surface area (TPSA) is 51.2 Å². The third-order valence-corrected chi connectivity index (χ3v) is 4.61. The van der Waals surface area contributed by atoms with E-state index in [0.29, 0.717) is 12.0 Å². The van der Waals surface area contributed by atoms with Gasteiger partial charge in [0.25, 0.3) is 0 Å². The summed E-state index contributed by atoms with van der Waals surface area (Å²) in [6, 6.07) is 5.49. The number of sulfone groups is 1. The Hall–Kier alpha value is 0.0500. The van der Waals surface area contributed by atoms with Crippen molar-refractivity contribution in [1.29, 1.82) is 0 Å². The van der Waals surface area contributed by atoms with Gasteiger partial charge in [-0.3, -0.25) is 4.79 Å². The van der Waals surface area contributed by atoms with Gasteiger partial charge >= 0.3 is 0 Å². The van der Waals surface area contributed by atoms with Gasteiger partial charge in [-0.05, 0) is 47.2 Å². The van der Waals surface area contributed by atoms with Gasteiger partial charge in [0.2, 0.25) is 0 Å². The molecule has 0 amide bonds. The fraction of sp³-hybridized carbons (Fsp3) is 0.364. The van der Waals surface area contributed by atoms with Crippen molar-refractivity contribution in [2.45, 2.75) is 12.8 Å². The van der Waals surface area contributed by atoms with E-state index in [4.69, 9.17) is 0 Å². The molecule has 6 heteroatoms. The van der Waals surface area contributed by atoms with Gasteiger partial charge in [0, 0.05) is 26.3 Å². The van der Waals surface area contributed by atoms with E-state index in [0.717, 1.165) is 8.04 Å². The lowest BCUT2D eigenvalue weighted by Gasteiger charge is -2.04. The smallest absolute Gasteiger partial charge is 0.164 e. The number of carbonyl (C=O) groups is 1. The number of benzene rings is 1. The summed E-state index contributed by atoms with van der Waals surface area (Å²) in [5.74, 6) is 0.0444. The van der Waals surface area contributed by atoms with E-state index >= 15 is 0 Å². The van der Waals surface area contributed by atoms with Crippen LogP contribution in [0.1, 0.15) is 23.2 Å². The van der Waals surface area contributed by atoms with E-state index < -0.39 is 9.84 Å². The first-order chi connectivity index (χ1) is 7.79. The standard InChI is InChI=1S/C11H12BrIO3S/c1-17(15,16)6-2-3-11(14)9-7-8(12)4-5-10(9)13/h4-5,7H,2-3,6H2,1H3. The maximum atomic E-state index is 11.9. The highest BCUT2D eigenvalue weighted by Crippen LogP contribution is 2.20. The highest BCUT2D eigenvalue weighted by Gasteiger charge is 2.11. The molecule has 1 rings (SSSR count). The zero-order chi connectivity index (χ0) is 13.1. The third-order valence-electron chi connectivity index (χ3n) is 2.15. The Labute approximate surface area is 123 Å². The first-order valence-corrected chi connectivity index (χ1v) is 8.89. The average molecular weight is 431 g/mol. The van der Waals surface area contributed by atoms with E-state index in [1.807, 2.05) is 12.1 Å². The predicted molar refractivity (Wildman–Crippen MR) is 80.1 cm³/mol. The maximum Gasteiger partial charge on any atom is 0.164 e. The monoisotopic (exact) mass is 430 g/mol. The number of hydrogen-bond donors (Lipinski definition) is 0. The lowest BCUT2D eigenvalue weighted by molar-refractivity contribution is 0.0981. The van der Waals surface area contributed by atoms with E-state index in [1.165, 1.54) is 6.26 Å². The molecule has 0 fully saturated rings. The Balaban J connectivity index is 2.67. The molecule has 0 aliphatic carbocycles. The van der Waals surface area contributed by atoms with Gasteiger partial charge in [-0.2, -0.15) is 0 Å². The number of halogens is 2. The van der Waals surface area contributed by atoms with Crippen LogP contribution in [0.15, 0.2) is 22.7 Å². The van der Waals surface area contributed by atoms with Crippen molar-refractivity contribution in [3.8, 4) is 0 Å². The van der Waals surface area contributed by atoms with Crippen LogP contribution in [0.2, 0.25) is 0 Å². The number of carbonyl (C=O) groups excluding carboxylic acids is 1. The van der Waals surface area contributed by atoms with Crippen molar-refractivity contribution in [2.24, 2.45) is 0 Å². The molecule has 0 saturated carbocycles. The van der Waals surface area contributed by atoms with Gasteiger partial charge in [0.15, 0.2) is 5.78 Å². The van der Waals surface area contributed by atoms with Crippen LogP contribution in [-0.2, 0) is 9.84 Å².